The van der Waals surface area contributed by atoms with Crippen LogP contribution >= 0.6 is 0 Å². The van der Waals surface area contributed by atoms with Gasteiger partial charge >= 0.3 is 0 Å². The van der Waals surface area contributed by atoms with Gasteiger partial charge in [0, 0.05) is 12.2 Å². The van der Waals surface area contributed by atoms with Gasteiger partial charge in [-0.1, -0.05) is 45.2 Å². The van der Waals surface area contributed by atoms with E-state index in [1.165, 1.54) is 37.8 Å². The molecule has 0 fully saturated rings. The van der Waals surface area contributed by atoms with Crippen LogP contribution in [-0.4, -0.2) is 18.0 Å². The van der Waals surface area contributed by atoms with Crippen LogP contribution in [0.25, 0.3) is 0 Å². The quantitative estimate of drug-likeness (QED) is 0.549. The predicted molar refractivity (Wildman–Crippen MR) is 75.9 cm³/mol. The Hall–Kier alpha value is -1.02. The highest BCUT2D eigenvalue weighted by Crippen LogP contribution is 2.10. The lowest BCUT2D eigenvalue weighted by Gasteiger charge is -2.20. The second-order valence-corrected chi connectivity index (χ2v) is 4.67. The summed E-state index contributed by atoms with van der Waals surface area (Å²) in [6.45, 7) is 7.82. The summed E-state index contributed by atoms with van der Waals surface area (Å²) in [6, 6.07) is 8.22. The fourth-order valence-corrected chi connectivity index (χ4v) is 2.06. The van der Waals surface area contributed by atoms with Crippen LogP contribution in [0.3, 0.4) is 0 Å². The van der Waals surface area contributed by atoms with Crippen LogP contribution in [0.15, 0.2) is 24.3 Å². The van der Waals surface area contributed by atoms with Crippen molar-refractivity contribution < 1.29 is 0 Å². The zero-order chi connectivity index (χ0) is 12.5. The Kier molecular flexibility index (Phi) is 6.71. The standard InChI is InChI=1S/C15H26N2/c1-3-5-6-7-11-17(4-2)13-14-9-8-10-15(16)12-14/h8-10,12H,3-7,11,13,16H2,1-2H3. The number of hydrogen-bond acceptors (Lipinski definition) is 2. The van der Waals surface area contributed by atoms with E-state index in [9.17, 15) is 0 Å². The zero-order valence-corrected chi connectivity index (χ0v) is 11.3. The van der Waals surface area contributed by atoms with E-state index >= 15 is 0 Å². The summed E-state index contributed by atoms with van der Waals surface area (Å²) < 4.78 is 0. The van der Waals surface area contributed by atoms with Crippen molar-refractivity contribution in [3.05, 3.63) is 29.8 Å². The molecule has 0 heterocycles. The number of nitrogens with two attached hydrogens (primary N) is 1. The van der Waals surface area contributed by atoms with Gasteiger partial charge in [0.1, 0.15) is 0 Å². The molecule has 0 aliphatic carbocycles. The van der Waals surface area contributed by atoms with E-state index in [-0.39, 0.29) is 0 Å². The fraction of sp³-hybridized carbons (Fsp3) is 0.600. The topological polar surface area (TPSA) is 29.3 Å². The third-order valence-corrected chi connectivity index (χ3v) is 3.13. The minimum atomic E-state index is 0.865. The third-order valence-electron chi connectivity index (χ3n) is 3.13. The summed E-state index contributed by atoms with van der Waals surface area (Å²) in [4.78, 5) is 2.49. The number of rotatable bonds is 8. The van der Waals surface area contributed by atoms with Crippen molar-refractivity contribution in [3.8, 4) is 0 Å². The van der Waals surface area contributed by atoms with Crippen molar-refractivity contribution in [1.82, 2.24) is 4.90 Å². The number of unbranched alkanes of at least 4 members (excludes halogenated alkanes) is 3. The highest BCUT2D eigenvalue weighted by atomic mass is 15.1. The van der Waals surface area contributed by atoms with Gasteiger partial charge in [0.05, 0.1) is 0 Å². The minimum absolute atomic E-state index is 0.865. The maximum atomic E-state index is 5.80. The maximum Gasteiger partial charge on any atom is 0.0317 e. The van der Waals surface area contributed by atoms with E-state index in [1.807, 2.05) is 12.1 Å². The molecule has 2 heteroatoms. The summed E-state index contributed by atoms with van der Waals surface area (Å²) in [5.41, 5.74) is 7.98. The normalized spacial score (nSPS) is 11.0. The van der Waals surface area contributed by atoms with E-state index < -0.39 is 0 Å². The average Bonchev–Trinajstić information content (AvgIpc) is 2.33. The molecular weight excluding hydrogens is 208 g/mol. The summed E-state index contributed by atoms with van der Waals surface area (Å²) in [7, 11) is 0. The van der Waals surface area contributed by atoms with Crippen LogP contribution in [0, 0.1) is 0 Å². The molecule has 0 saturated heterocycles. The van der Waals surface area contributed by atoms with Crippen LogP contribution in [0.1, 0.15) is 45.1 Å². The van der Waals surface area contributed by atoms with Crippen molar-refractivity contribution in [1.29, 1.82) is 0 Å². The summed E-state index contributed by atoms with van der Waals surface area (Å²) in [5.74, 6) is 0. The molecular formula is C15H26N2. The average molecular weight is 234 g/mol. The van der Waals surface area contributed by atoms with Gasteiger partial charge in [0.15, 0.2) is 0 Å². The van der Waals surface area contributed by atoms with Gasteiger partial charge in [-0.3, -0.25) is 4.90 Å². The molecule has 0 bridgehead atoms. The van der Waals surface area contributed by atoms with Gasteiger partial charge in [-0.25, -0.2) is 0 Å². The first kappa shape index (κ1) is 14.0. The fourth-order valence-electron chi connectivity index (χ4n) is 2.06. The molecule has 1 rings (SSSR count). The van der Waals surface area contributed by atoms with E-state index in [0.29, 0.717) is 0 Å². The summed E-state index contributed by atoms with van der Waals surface area (Å²) in [6.07, 6.45) is 5.32. The lowest BCUT2D eigenvalue weighted by Crippen LogP contribution is -2.24. The van der Waals surface area contributed by atoms with Crippen LogP contribution in [-0.2, 0) is 6.54 Å². The molecule has 0 aromatic heterocycles. The Balaban J connectivity index is 2.35. The Morgan fingerprint density at radius 1 is 1.12 bits per heavy atom. The zero-order valence-electron chi connectivity index (χ0n) is 11.3. The predicted octanol–water partition coefficient (Wildman–Crippen LogP) is 3.67. The molecule has 2 nitrogen and oxygen atoms in total. The Morgan fingerprint density at radius 2 is 1.94 bits per heavy atom. The molecule has 0 amide bonds. The molecule has 1 aromatic carbocycles. The molecule has 0 spiro atoms. The molecule has 0 radical (unpaired) electrons. The van der Waals surface area contributed by atoms with Crippen LogP contribution in [0.4, 0.5) is 5.69 Å². The second kappa shape index (κ2) is 8.13. The maximum absolute atomic E-state index is 5.80. The molecule has 0 saturated carbocycles. The molecule has 0 unspecified atom stereocenters. The minimum Gasteiger partial charge on any atom is -0.399 e. The summed E-state index contributed by atoms with van der Waals surface area (Å²) in [5, 5.41) is 0. The van der Waals surface area contributed by atoms with E-state index in [0.717, 1.165) is 18.8 Å². The molecule has 17 heavy (non-hydrogen) atoms. The molecule has 0 aliphatic heterocycles. The van der Waals surface area contributed by atoms with Gasteiger partial charge in [-0.2, -0.15) is 0 Å². The van der Waals surface area contributed by atoms with Crippen LogP contribution < -0.4 is 5.73 Å². The van der Waals surface area contributed by atoms with Gasteiger partial charge < -0.3 is 5.73 Å². The van der Waals surface area contributed by atoms with Gasteiger partial charge in [-0.15, -0.1) is 0 Å². The summed E-state index contributed by atoms with van der Waals surface area (Å²) >= 11 is 0. The first-order chi connectivity index (χ1) is 8.26. The molecule has 2 N–H and O–H groups in total. The lowest BCUT2D eigenvalue weighted by molar-refractivity contribution is 0.273. The monoisotopic (exact) mass is 234 g/mol. The first-order valence-electron chi connectivity index (χ1n) is 6.83. The number of nitrogens with zero attached hydrogens (tertiary/aromatic N) is 1. The number of anilines is 1. The van der Waals surface area contributed by atoms with E-state index in [1.54, 1.807) is 0 Å². The number of nitrogen functional groups attached to an aromatic ring is 1. The highest BCUT2D eigenvalue weighted by molar-refractivity contribution is 5.40. The molecule has 0 atom stereocenters. The van der Waals surface area contributed by atoms with Crippen molar-refractivity contribution in [3.63, 3.8) is 0 Å². The SMILES string of the molecule is CCCCCCN(CC)Cc1cccc(N)c1. The largest absolute Gasteiger partial charge is 0.399 e. The number of benzene rings is 1. The Bertz CT molecular complexity index is 310. The van der Waals surface area contributed by atoms with Crippen molar-refractivity contribution in [2.24, 2.45) is 0 Å². The van der Waals surface area contributed by atoms with E-state index in [2.05, 4.69) is 30.9 Å². The van der Waals surface area contributed by atoms with Crippen LogP contribution in [0.5, 0.6) is 0 Å². The molecule has 0 aliphatic rings. The van der Waals surface area contributed by atoms with Gasteiger partial charge in [-0.05, 0) is 37.2 Å². The number of hydrogen-bond donors (Lipinski definition) is 1. The molecule has 96 valence electrons. The van der Waals surface area contributed by atoms with Gasteiger partial charge in [0.25, 0.3) is 0 Å². The van der Waals surface area contributed by atoms with E-state index in [4.69, 9.17) is 5.73 Å². The molecule has 1 aromatic rings. The Labute approximate surface area is 106 Å². The lowest BCUT2D eigenvalue weighted by atomic mass is 10.1. The second-order valence-electron chi connectivity index (χ2n) is 4.67. The van der Waals surface area contributed by atoms with Crippen molar-refractivity contribution in [2.45, 2.75) is 46.1 Å². The highest BCUT2D eigenvalue weighted by Gasteiger charge is 2.03. The Morgan fingerprint density at radius 3 is 2.59 bits per heavy atom. The van der Waals surface area contributed by atoms with Crippen LogP contribution in [0.2, 0.25) is 0 Å². The van der Waals surface area contributed by atoms with Crippen molar-refractivity contribution >= 4 is 5.69 Å². The first-order valence-corrected chi connectivity index (χ1v) is 6.83. The smallest absolute Gasteiger partial charge is 0.0317 e. The van der Waals surface area contributed by atoms with Crippen molar-refractivity contribution in [2.75, 3.05) is 18.8 Å². The van der Waals surface area contributed by atoms with Gasteiger partial charge in [0.2, 0.25) is 0 Å². The third kappa shape index (κ3) is 5.73.